The van der Waals surface area contributed by atoms with Crippen molar-refractivity contribution in [2.75, 3.05) is 38.1 Å². The molecule has 1 aromatic carbocycles. The van der Waals surface area contributed by atoms with Gasteiger partial charge in [0.05, 0.1) is 0 Å². The third kappa shape index (κ3) is 5.41. The van der Waals surface area contributed by atoms with Gasteiger partial charge in [-0.3, -0.25) is 4.99 Å². The fourth-order valence-electron chi connectivity index (χ4n) is 3.17. The number of nitrogens with zero attached hydrogens (tertiary/aromatic N) is 2. The lowest BCUT2D eigenvalue weighted by Crippen LogP contribution is -2.41. The lowest BCUT2D eigenvalue weighted by molar-refractivity contribution is 0.564. The first-order chi connectivity index (χ1) is 11.2. The summed E-state index contributed by atoms with van der Waals surface area (Å²) in [5.74, 6) is 2.45. The molecule has 1 unspecified atom stereocenters. The molecule has 1 saturated heterocycles. The highest BCUT2D eigenvalue weighted by molar-refractivity contribution is 14.0. The number of guanidine groups is 1. The maximum absolute atomic E-state index is 6.16. The lowest BCUT2D eigenvalue weighted by atomic mass is 10.1. The van der Waals surface area contributed by atoms with E-state index in [1.807, 2.05) is 13.1 Å². The van der Waals surface area contributed by atoms with Crippen molar-refractivity contribution in [3.63, 3.8) is 0 Å². The van der Waals surface area contributed by atoms with Crippen LogP contribution in [0.2, 0.25) is 5.02 Å². The molecule has 0 spiro atoms. The van der Waals surface area contributed by atoms with Crippen molar-refractivity contribution < 1.29 is 0 Å². The molecular formula is C18H28ClIN4. The van der Waals surface area contributed by atoms with Gasteiger partial charge in [-0.2, -0.15) is 0 Å². The summed E-state index contributed by atoms with van der Waals surface area (Å²) >= 11 is 6.16. The Morgan fingerprint density at radius 2 is 1.92 bits per heavy atom. The number of aliphatic imine (C=N–C) groups is 1. The molecule has 1 heterocycles. The van der Waals surface area contributed by atoms with Crippen LogP contribution in [0.15, 0.2) is 23.2 Å². The summed E-state index contributed by atoms with van der Waals surface area (Å²) < 4.78 is 0. The number of halogens is 2. The van der Waals surface area contributed by atoms with Crippen LogP contribution < -0.4 is 15.5 Å². The van der Waals surface area contributed by atoms with Gasteiger partial charge in [-0.15, -0.1) is 24.0 Å². The van der Waals surface area contributed by atoms with Gasteiger partial charge in [0.15, 0.2) is 5.96 Å². The minimum atomic E-state index is 0. The monoisotopic (exact) mass is 462 g/mol. The average Bonchev–Trinajstić information content (AvgIpc) is 3.26. The number of aryl methyl sites for hydroxylation is 1. The number of benzene rings is 1. The van der Waals surface area contributed by atoms with Gasteiger partial charge in [0, 0.05) is 43.9 Å². The zero-order valence-electron chi connectivity index (χ0n) is 14.5. The van der Waals surface area contributed by atoms with E-state index in [0.717, 1.165) is 43.1 Å². The second-order valence-electron chi connectivity index (χ2n) is 6.81. The van der Waals surface area contributed by atoms with Crippen molar-refractivity contribution in [1.29, 1.82) is 0 Å². The smallest absolute Gasteiger partial charge is 0.190 e. The molecule has 0 bridgehead atoms. The molecule has 2 N–H and O–H groups in total. The molecule has 0 aromatic heterocycles. The van der Waals surface area contributed by atoms with E-state index in [1.54, 1.807) is 0 Å². The van der Waals surface area contributed by atoms with Crippen molar-refractivity contribution in [2.45, 2.75) is 26.2 Å². The Morgan fingerprint density at radius 1 is 1.21 bits per heavy atom. The fourth-order valence-corrected chi connectivity index (χ4v) is 3.33. The third-order valence-electron chi connectivity index (χ3n) is 4.83. The van der Waals surface area contributed by atoms with E-state index in [4.69, 9.17) is 11.6 Å². The maximum Gasteiger partial charge on any atom is 0.190 e. The van der Waals surface area contributed by atoms with E-state index in [-0.39, 0.29) is 24.0 Å². The standard InChI is InChI=1S/C18H27ClN4.HI/c1-13-3-6-16(19)9-17(13)23-8-7-15(12-23)11-22-18(20-2)21-10-14-4-5-14;/h3,6,9,14-15H,4-5,7-8,10-12H2,1-2H3,(H2,20,21,22);1H. The second kappa shape index (κ2) is 9.13. The molecule has 6 heteroatoms. The minimum absolute atomic E-state index is 0. The van der Waals surface area contributed by atoms with Crippen LogP contribution in [0.3, 0.4) is 0 Å². The molecule has 3 rings (SSSR count). The van der Waals surface area contributed by atoms with Gasteiger partial charge >= 0.3 is 0 Å². The van der Waals surface area contributed by atoms with Crippen LogP contribution in [0.4, 0.5) is 5.69 Å². The van der Waals surface area contributed by atoms with Crippen molar-refractivity contribution in [3.05, 3.63) is 28.8 Å². The highest BCUT2D eigenvalue weighted by atomic mass is 127. The quantitative estimate of drug-likeness (QED) is 0.398. The summed E-state index contributed by atoms with van der Waals surface area (Å²) in [5.41, 5.74) is 2.57. The Bertz CT molecular complexity index is 574. The van der Waals surface area contributed by atoms with E-state index in [9.17, 15) is 0 Å². The van der Waals surface area contributed by atoms with Crippen LogP contribution in [-0.4, -0.2) is 39.2 Å². The lowest BCUT2D eigenvalue weighted by Gasteiger charge is -2.21. The van der Waals surface area contributed by atoms with Gasteiger partial charge in [0.2, 0.25) is 0 Å². The summed E-state index contributed by atoms with van der Waals surface area (Å²) in [4.78, 5) is 6.77. The summed E-state index contributed by atoms with van der Waals surface area (Å²) in [5, 5.41) is 7.72. The normalized spacial score (nSPS) is 20.7. The SMILES string of the molecule is CN=C(NCC1CC1)NCC1CCN(c2cc(Cl)ccc2C)C1.I. The molecule has 1 aliphatic heterocycles. The number of hydrogen-bond donors (Lipinski definition) is 2. The van der Waals surface area contributed by atoms with E-state index >= 15 is 0 Å². The van der Waals surface area contributed by atoms with Crippen LogP contribution in [0, 0.1) is 18.8 Å². The molecule has 2 fully saturated rings. The Labute approximate surface area is 167 Å². The minimum Gasteiger partial charge on any atom is -0.371 e. The van der Waals surface area contributed by atoms with Gasteiger partial charge in [-0.05, 0) is 55.7 Å². The zero-order valence-corrected chi connectivity index (χ0v) is 17.6. The van der Waals surface area contributed by atoms with Crippen molar-refractivity contribution in [2.24, 2.45) is 16.8 Å². The van der Waals surface area contributed by atoms with Crippen LogP contribution in [0.1, 0.15) is 24.8 Å². The highest BCUT2D eigenvalue weighted by Gasteiger charge is 2.24. The first kappa shape index (κ1) is 19.6. The Hall–Kier alpha value is -0.690. The Balaban J connectivity index is 0.00000208. The topological polar surface area (TPSA) is 39.7 Å². The molecule has 1 aromatic rings. The van der Waals surface area contributed by atoms with Crippen molar-refractivity contribution >= 4 is 47.2 Å². The first-order valence-corrected chi connectivity index (χ1v) is 8.99. The molecule has 1 aliphatic carbocycles. The second-order valence-corrected chi connectivity index (χ2v) is 7.25. The van der Waals surface area contributed by atoms with Gasteiger partial charge in [0.1, 0.15) is 0 Å². The zero-order chi connectivity index (χ0) is 16.2. The van der Waals surface area contributed by atoms with Gasteiger partial charge in [-0.1, -0.05) is 17.7 Å². The van der Waals surface area contributed by atoms with Gasteiger partial charge in [-0.25, -0.2) is 0 Å². The summed E-state index contributed by atoms with van der Waals surface area (Å²) in [6.07, 6.45) is 3.93. The summed E-state index contributed by atoms with van der Waals surface area (Å²) in [6.45, 7) is 6.36. The van der Waals surface area contributed by atoms with Gasteiger partial charge in [0.25, 0.3) is 0 Å². The predicted molar refractivity (Wildman–Crippen MR) is 114 cm³/mol. The number of rotatable bonds is 5. The average molecular weight is 463 g/mol. The molecular weight excluding hydrogens is 435 g/mol. The Kier molecular flexibility index (Phi) is 7.47. The summed E-state index contributed by atoms with van der Waals surface area (Å²) in [6, 6.07) is 6.15. The maximum atomic E-state index is 6.16. The molecule has 134 valence electrons. The predicted octanol–water partition coefficient (Wildman–Crippen LogP) is 3.67. The largest absolute Gasteiger partial charge is 0.371 e. The first-order valence-electron chi connectivity index (χ1n) is 8.61. The fraction of sp³-hybridized carbons (Fsp3) is 0.611. The number of anilines is 1. The van der Waals surface area contributed by atoms with Crippen molar-refractivity contribution in [3.8, 4) is 0 Å². The van der Waals surface area contributed by atoms with E-state index < -0.39 is 0 Å². The van der Waals surface area contributed by atoms with E-state index in [1.165, 1.54) is 30.5 Å². The molecule has 0 amide bonds. The Morgan fingerprint density at radius 3 is 2.58 bits per heavy atom. The molecule has 1 atom stereocenters. The van der Waals surface area contributed by atoms with Crippen LogP contribution >= 0.6 is 35.6 Å². The number of hydrogen-bond acceptors (Lipinski definition) is 2. The summed E-state index contributed by atoms with van der Waals surface area (Å²) in [7, 11) is 1.85. The van der Waals surface area contributed by atoms with E-state index in [2.05, 4.69) is 39.6 Å². The molecule has 0 radical (unpaired) electrons. The molecule has 24 heavy (non-hydrogen) atoms. The van der Waals surface area contributed by atoms with Crippen LogP contribution in [0.5, 0.6) is 0 Å². The highest BCUT2D eigenvalue weighted by Crippen LogP contribution is 2.29. The molecule has 4 nitrogen and oxygen atoms in total. The number of nitrogens with one attached hydrogen (secondary N) is 2. The van der Waals surface area contributed by atoms with E-state index in [0.29, 0.717) is 5.92 Å². The van der Waals surface area contributed by atoms with Crippen LogP contribution in [0.25, 0.3) is 0 Å². The van der Waals surface area contributed by atoms with Gasteiger partial charge < -0.3 is 15.5 Å². The molecule has 2 aliphatic rings. The van der Waals surface area contributed by atoms with Crippen molar-refractivity contribution in [1.82, 2.24) is 10.6 Å². The van der Waals surface area contributed by atoms with Crippen LogP contribution in [-0.2, 0) is 0 Å². The molecule has 1 saturated carbocycles. The third-order valence-corrected chi connectivity index (χ3v) is 5.07.